The van der Waals surface area contributed by atoms with Crippen molar-refractivity contribution in [3.05, 3.63) is 58.3 Å². The van der Waals surface area contributed by atoms with Crippen LogP contribution in [-0.2, 0) is 6.54 Å². The largest absolute Gasteiger partial charge is 0.506 e. The lowest BCUT2D eigenvalue weighted by molar-refractivity contribution is 0.147. The predicted octanol–water partition coefficient (Wildman–Crippen LogP) is 2.87. The molecule has 3 rings (SSSR count). The quantitative estimate of drug-likeness (QED) is 0.371. The minimum atomic E-state index is -0.304. The Kier molecular flexibility index (Phi) is 7.24. The van der Waals surface area contributed by atoms with Crippen molar-refractivity contribution in [3.63, 3.8) is 0 Å². The lowest BCUT2D eigenvalue weighted by atomic mass is 10.2. The summed E-state index contributed by atoms with van der Waals surface area (Å²) >= 11 is 3.36. The van der Waals surface area contributed by atoms with Gasteiger partial charge < -0.3 is 20.4 Å². The third kappa shape index (κ3) is 5.43. The molecular formula is C20H24BrFN4O2. The molecule has 150 valence electrons. The number of phenolic OH excluding ortho intramolecular Hbond substituents is 1. The second kappa shape index (κ2) is 9.86. The fraction of sp³-hybridized carbons (Fsp3) is 0.350. The smallest absolute Gasteiger partial charge is 0.198 e. The summed E-state index contributed by atoms with van der Waals surface area (Å²) in [6.07, 6.45) is 0. The highest BCUT2D eigenvalue weighted by Gasteiger charge is 2.20. The third-order valence-corrected chi connectivity index (χ3v) is 5.14. The van der Waals surface area contributed by atoms with E-state index >= 15 is 0 Å². The molecule has 28 heavy (non-hydrogen) atoms. The summed E-state index contributed by atoms with van der Waals surface area (Å²) in [6, 6.07) is 11.7. The zero-order valence-corrected chi connectivity index (χ0v) is 17.1. The van der Waals surface area contributed by atoms with Crippen LogP contribution in [0.3, 0.4) is 0 Å². The summed E-state index contributed by atoms with van der Waals surface area (Å²) in [6.45, 7) is 4.01. The van der Waals surface area contributed by atoms with Crippen LogP contribution < -0.4 is 5.32 Å². The Morgan fingerprint density at radius 3 is 2.61 bits per heavy atom. The molecule has 1 aliphatic rings. The molecule has 0 aromatic heterocycles. The van der Waals surface area contributed by atoms with E-state index in [1.165, 1.54) is 6.07 Å². The number of halogens is 2. The number of phenols is 1. The summed E-state index contributed by atoms with van der Waals surface area (Å²) in [5, 5.41) is 22.4. The number of aliphatic imine (C=N–C) groups is 1. The summed E-state index contributed by atoms with van der Waals surface area (Å²) < 4.78 is 14.9. The molecule has 2 aromatic rings. The van der Waals surface area contributed by atoms with Crippen molar-refractivity contribution < 1.29 is 14.6 Å². The van der Waals surface area contributed by atoms with Gasteiger partial charge in [-0.25, -0.2) is 9.38 Å². The number of anilines is 1. The topological polar surface area (TPSA) is 71.3 Å². The normalized spacial score (nSPS) is 15.7. The second-order valence-electron chi connectivity index (χ2n) is 6.57. The van der Waals surface area contributed by atoms with Gasteiger partial charge in [-0.1, -0.05) is 28.1 Å². The number of aromatic hydroxyl groups is 1. The first-order valence-electron chi connectivity index (χ1n) is 9.18. The number of benzene rings is 2. The second-order valence-corrected chi connectivity index (χ2v) is 7.49. The van der Waals surface area contributed by atoms with E-state index in [1.807, 2.05) is 6.07 Å². The molecule has 0 bridgehead atoms. The Labute approximate surface area is 172 Å². The average Bonchev–Trinajstić information content (AvgIpc) is 2.70. The summed E-state index contributed by atoms with van der Waals surface area (Å²) in [5.74, 6) is 0.411. The number of aliphatic hydroxyl groups excluding tert-OH is 1. The van der Waals surface area contributed by atoms with Crippen molar-refractivity contribution >= 4 is 27.6 Å². The minimum absolute atomic E-state index is 0.128. The number of guanidine groups is 1. The first kappa shape index (κ1) is 20.6. The number of β-amino-alcohol motifs (C(OH)–C–C–N with tert-alkyl or cyclic N) is 1. The molecule has 8 heteroatoms. The van der Waals surface area contributed by atoms with Crippen molar-refractivity contribution in [2.45, 2.75) is 6.54 Å². The van der Waals surface area contributed by atoms with Gasteiger partial charge in [0, 0.05) is 42.8 Å². The van der Waals surface area contributed by atoms with Crippen LogP contribution in [0.25, 0.3) is 0 Å². The molecular weight excluding hydrogens is 427 g/mol. The number of nitrogens with zero attached hydrogens (tertiary/aromatic N) is 3. The first-order chi connectivity index (χ1) is 13.6. The molecule has 1 aliphatic heterocycles. The van der Waals surface area contributed by atoms with Crippen LogP contribution in [0.5, 0.6) is 5.75 Å². The van der Waals surface area contributed by atoms with Crippen molar-refractivity contribution in [3.8, 4) is 5.75 Å². The maximum absolute atomic E-state index is 14.1. The van der Waals surface area contributed by atoms with E-state index in [9.17, 15) is 9.50 Å². The maximum Gasteiger partial charge on any atom is 0.198 e. The fourth-order valence-electron chi connectivity index (χ4n) is 3.07. The van der Waals surface area contributed by atoms with Gasteiger partial charge in [0.05, 0.1) is 18.8 Å². The van der Waals surface area contributed by atoms with E-state index in [0.717, 1.165) is 30.7 Å². The Morgan fingerprint density at radius 1 is 1.14 bits per heavy atom. The van der Waals surface area contributed by atoms with Crippen LogP contribution in [0.1, 0.15) is 5.56 Å². The molecule has 1 fully saturated rings. The first-order valence-corrected chi connectivity index (χ1v) is 9.97. The molecule has 0 amide bonds. The molecule has 0 unspecified atom stereocenters. The minimum Gasteiger partial charge on any atom is -0.506 e. The van der Waals surface area contributed by atoms with Crippen molar-refractivity contribution in [2.24, 2.45) is 4.99 Å². The number of piperazine rings is 1. The Hall–Kier alpha value is -2.16. The molecule has 0 aliphatic carbocycles. The van der Waals surface area contributed by atoms with Crippen molar-refractivity contribution in [2.75, 3.05) is 44.6 Å². The van der Waals surface area contributed by atoms with Crippen LogP contribution >= 0.6 is 15.9 Å². The monoisotopic (exact) mass is 450 g/mol. The highest BCUT2D eigenvalue weighted by Crippen LogP contribution is 2.23. The molecule has 0 atom stereocenters. The highest BCUT2D eigenvalue weighted by atomic mass is 79.9. The number of hydrogen-bond acceptors (Lipinski definition) is 4. The Balaban J connectivity index is 1.80. The zero-order valence-electron chi connectivity index (χ0n) is 15.5. The van der Waals surface area contributed by atoms with Gasteiger partial charge in [-0.3, -0.25) is 4.90 Å². The van der Waals surface area contributed by atoms with Crippen LogP contribution in [-0.4, -0.2) is 65.3 Å². The molecule has 0 radical (unpaired) electrons. The molecule has 0 saturated carbocycles. The van der Waals surface area contributed by atoms with Gasteiger partial charge in [0.1, 0.15) is 11.6 Å². The van der Waals surface area contributed by atoms with Crippen molar-refractivity contribution in [1.82, 2.24) is 9.80 Å². The number of para-hydroxylation sites is 2. The molecule has 0 spiro atoms. The van der Waals surface area contributed by atoms with Gasteiger partial charge in [-0.15, -0.1) is 0 Å². The van der Waals surface area contributed by atoms with Gasteiger partial charge in [0.2, 0.25) is 0 Å². The summed E-state index contributed by atoms with van der Waals surface area (Å²) in [4.78, 5) is 8.88. The number of nitrogens with one attached hydrogen (secondary N) is 1. The van der Waals surface area contributed by atoms with E-state index in [4.69, 9.17) is 5.11 Å². The van der Waals surface area contributed by atoms with Crippen LogP contribution in [0, 0.1) is 5.82 Å². The van der Waals surface area contributed by atoms with Gasteiger partial charge in [0.25, 0.3) is 0 Å². The van der Waals surface area contributed by atoms with Crippen LogP contribution in [0.15, 0.2) is 51.9 Å². The van der Waals surface area contributed by atoms with E-state index in [1.54, 1.807) is 30.3 Å². The number of hydrogen-bond donors (Lipinski definition) is 3. The molecule has 3 N–H and O–H groups in total. The van der Waals surface area contributed by atoms with E-state index in [-0.39, 0.29) is 24.7 Å². The fourth-order valence-corrected chi connectivity index (χ4v) is 3.48. The van der Waals surface area contributed by atoms with Crippen LogP contribution in [0.2, 0.25) is 0 Å². The standard InChI is InChI=1S/C20H24BrFN4O2/c21-16-5-6-17(22)15(13-16)14-23-20(24-18-3-1-2-4-19(18)28)26-9-7-25(8-10-26)11-12-27/h1-6,13,27-28H,7-12,14H2,(H,23,24). The van der Waals surface area contributed by atoms with Crippen molar-refractivity contribution in [1.29, 1.82) is 0 Å². The predicted molar refractivity (Wildman–Crippen MR) is 112 cm³/mol. The average molecular weight is 451 g/mol. The van der Waals surface area contributed by atoms with Gasteiger partial charge >= 0.3 is 0 Å². The van der Waals surface area contributed by atoms with E-state index < -0.39 is 0 Å². The van der Waals surface area contributed by atoms with E-state index in [2.05, 4.69) is 36.0 Å². The van der Waals surface area contributed by atoms with E-state index in [0.29, 0.717) is 23.8 Å². The highest BCUT2D eigenvalue weighted by molar-refractivity contribution is 9.10. The van der Waals surface area contributed by atoms with Gasteiger partial charge in [0.15, 0.2) is 5.96 Å². The lowest BCUT2D eigenvalue weighted by Crippen LogP contribution is -2.51. The SMILES string of the molecule is OCCN1CCN(C(=NCc2cc(Br)ccc2F)Nc2ccccc2O)CC1. The Morgan fingerprint density at radius 2 is 1.89 bits per heavy atom. The van der Waals surface area contributed by atoms with Gasteiger partial charge in [-0.2, -0.15) is 0 Å². The molecule has 1 heterocycles. The Bertz CT molecular complexity index is 826. The zero-order chi connectivity index (χ0) is 19.9. The van der Waals surface area contributed by atoms with Gasteiger partial charge in [-0.05, 0) is 30.3 Å². The number of aliphatic hydroxyl groups is 1. The summed E-state index contributed by atoms with van der Waals surface area (Å²) in [7, 11) is 0. The lowest BCUT2D eigenvalue weighted by Gasteiger charge is -2.36. The number of rotatable bonds is 5. The maximum atomic E-state index is 14.1. The third-order valence-electron chi connectivity index (χ3n) is 4.65. The summed E-state index contributed by atoms with van der Waals surface area (Å²) in [5.41, 5.74) is 1.04. The molecule has 1 saturated heterocycles. The molecule has 2 aromatic carbocycles. The van der Waals surface area contributed by atoms with Crippen LogP contribution in [0.4, 0.5) is 10.1 Å². The molecule has 6 nitrogen and oxygen atoms in total.